The minimum absolute atomic E-state index is 0.00166. The molecule has 1 saturated heterocycles. The highest BCUT2D eigenvalue weighted by Gasteiger charge is 2.34. The van der Waals surface area contributed by atoms with Crippen molar-refractivity contribution in [2.24, 2.45) is 7.05 Å². The lowest BCUT2D eigenvalue weighted by molar-refractivity contribution is -0.123. The number of aryl methyl sites for hydroxylation is 2. The lowest BCUT2D eigenvalue weighted by Crippen LogP contribution is -2.50. The second-order valence-electron chi connectivity index (χ2n) is 7.09. The molecule has 0 aromatic carbocycles. The van der Waals surface area contributed by atoms with E-state index < -0.39 is 0 Å². The van der Waals surface area contributed by atoms with Gasteiger partial charge < -0.3 is 10.6 Å². The monoisotopic (exact) mass is 356 g/mol. The van der Waals surface area contributed by atoms with Crippen LogP contribution in [0.2, 0.25) is 0 Å². The molecule has 8 nitrogen and oxygen atoms in total. The van der Waals surface area contributed by atoms with E-state index >= 15 is 0 Å². The highest BCUT2D eigenvalue weighted by Crippen LogP contribution is 2.40. The van der Waals surface area contributed by atoms with Crippen LogP contribution in [-0.4, -0.2) is 37.4 Å². The van der Waals surface area contributed by atoms with Gasteiger partial charge in [-0.2, -0.15) is 10.2 Å². The van der Waals surface area contributed by atoms with E-state index in [-0.39, 0.29) is 23.9 Å². The first-order valence-corrected chi connectivity index (χ1v) is 9.22. The fraction of sp³-hybridized carbons (Fsp3) is 0.556. The number of nitrogens with zero attached hydrogens (tertiary/aromatic N) is 4. The van der Waals surface area contributed by atoms with Crippen molar-refractivity contribution in [2.45, 2.75) is 57.2 Å². The van der Waals surface area contributed by atoms with E-state index in [2.05, 4.69) is 20.8 Å². The Bertz CT molecular complexity index is 835. The maximum absolute atomic E-state index is 12.8. The van der Waals surface area contributed by atoms with Gasteiger partial charge in [-0.15, -0.1) is 0 Å². The average molecular weight is 356 g/mol. The predicted molar refractivity (Wildman–Crippen MR) is 94.5 cm³/mol. The number of hydrogen-bond donors (Lipinski definition) is 2. The van der Waals surface area contributed by atoms with Crippen LogP contribution in [-0.2, 0) is 18.4 Å². The van der Waals surface area contributed by atoms with Gasteiger partial charge in [0, 0.05) is 37.8 Å². The van der Waals surface area contributed by atoms with E-state index in [4.69, 9.17) is 0 Å². The van der Waals surface area contributed by atoms with Crippen molar-refractivity contribution >= 4 is 11.8 Å². The van der Waals surface area contributed by atoms with Gasteiger partial charge in [-0.1, -0.05) is 0 Å². The molecule has 138 valence electrons. The van der Waals surface area contributed by atoms with Gasteiger partial charge in [-0.25, -0.2) is 0 Å². The zero-order valence-corrected chi connectivity index (χ0v) is 15.1. The highest BCUT2D eigenvalue weighted by atomic mass is 16.2. The zero-order chi connectivity index (χ0) is 18.3. The summed E-state index contributed by atoms with van der Waals surface area (Å²) in [4.78, 5) is 24.7. The second kappa shape index (κ2) is 6.59. The van der Waals surface area contributed by atoms with Gasteiger partial charge in [0.2, 0.25) is 5.91 Å². The molecular weight excluding hydrogens is 332 g/mol. The number of carbonyl (C=O) groups excluding carboxylic acids is 2. The molecule has 1 aliphatic carbocycles. The molecule has 26 heavy (non-hydrogen) atoms. The van der Waals surface area contributed by atoms with Crippen LogP contribution in [0.3, 0.4) is 0 Å². The Labute approximate surface area is 151 Å². The average Bonchev–Trinajstić information content (AvgIpc) is 3.22. The Morgan fingerprint density at radius 2 is 2.15 bits per heavy atom. The molecule has 2 atom stereocenters. The molecule has 2 aromatic rings. The first-order valence-electron chi connectivity index (χ1n) is 9.22. The molecule has 2 amide bonds. The van der Waals surface area contributed by atoms with Crippen LogP contribution >= 0.6 is 0 Å². The minimum Gasteiger partial charge on any atom is -0.346 e. The van der Waals surface area contributed by atoms with Gasteiger partial charge >= 0.3 is 0 Å². The summed E-state index contributed by atoms with van der Waals surface area (Å²) in [5.74, 6) is 0.342. The van der Waals surface area contributed by atoms with E-state index in [1.807, 2.05) is 30.8 Å². The number of amides is 2. The van der Waals surface area contributed by atoms with Crippen molar-refractivity contribution in [3.05, 3.63) is 35.4 Å². The van der Waals surface area contributed by atoms with E-state index in [0.29, 0.717) is 31.0 Å². The van der Waals surface area contributed by atoms with Crippen LogP contribution in [0.4, 0.5) is 0 Å². The first-order chi connectivity index (χ1) is 12.6. The maximum atomic E-state index is 12.8. The van der Waals surface area contributed by atoms with Gasteiger partial charge in [0.25, 0.3) is 5.91 Å². The van der Waals surface area contributed by atoms with Gasteiger partial charge in [0.15, 0.2) is 0 Å². The standard InChI is InChI=1S/C18H24N6O2/c1-3-24-14(8-9-19-24)17-12(6-7-16(25)21-17)20-18(26)13-10-15(11-4-5-11)23(2)22-13/h8-12,17H,3-7H2,1-2H3,(H,20,26)(H,21,25). The lowest BCUT2D eigenvalue weighted by Gasteiger charge is -2.33. The number of rotatable bonds is 5. The summed E-state index contributed by atoms with van der Waals surface area (Å²) >= 11 is 0. The van der Waals surface area contributed by atoms with Crippen molar-refractivity contribution in [3.63, 3.8) is 0 Å². The Balaban J connectivity index is 1.54. The largest absolute Gasteiger partial charge is 0.346 e. The van der Waals surface area contributed by atoms with Crippen LogP contribution in [0.5, 0.6) is 0 Å². The fourth-order valence-corrected chi connectivity index (χ4v) is 3.70. The Kier molecular flexibility index (Phi) is 4.26. The third-order valence-corrected chi connectivity index (χ3v) is 5.23. The van der Waals surface area contributed by atoms with Gasteiger partial charge in [-0.05, 0) is 38.3 Å². The molecule has 2 aliphatic rings. The topological polar surface area (TPSA) is 93.8 Å². The number of carbonyl (C=O) groups is 2. The third kappa shape index (κ3) is 3.11. The summed E-state index contributed by atoms with van der Waals surface area (Å²) in [6.45, 7) is 2.71. The smallest absolute Gasteiger partial charge is 0.272 e. The van der Waals surface area contributed by atoms with Crippen molar-refractivity contribution in [1.82, 2.24) is 30.2 Å². The van der Waals surface area contributed by atoms with Crippen molar-refractivity contribution in [1.29, 1.82) is 0 Å². The summed E-state index contributed by atoms with van der Waals surface area (Å²) < 4.78 is 3.65. The van der Waals surface area contributed by atoms with Crippen LogP contribution in [0.1, 0.15) is 66.4 Å². The van der Waals surface area contributed by atoms with Crippen LogP contribution < -0.4 is 10.6 Å². The number of piperidine rings is 1. The lowest BCUT2D eigenvalue weighted by atomic mass is 9.95. The molecule has 0 radical (unpaired) electrons. The van der Waals surface area contributed by atoms with Crippen molar-refractivity contribution in [3.8, 4) is 0 Å². The summed E-state index contributed by atoms with van der Waals surface area (Å²) in [7, 11) is 1.88. The van der Waals surface area contributed by atoms with Gasteiger partial charge in [0.05, 0.1) is 17.8 Å². The zero-order valence-electron chi connectivity index (χ0n) is 15.1. The molecule has 1 saturated carbocycles. The molecule has 8 heteroatoms. The summed E-state index contributed by atoms with van der Waals surface area (Å²) in [5.41, 5.74) is 2.47. The first kappa shape index (κ1) is 16.8. The van der Waals surface area contributed by atoms with Gasteiger partial charge in [0.1, 0.15) is 5.69 Å². The van der Waals surface area contributed by atoms with E-state index in [1.54, 1.807) is 10.9 Å². The molecule has 0 spiro atoms. The maximum Gasteiger partial charge on any atom is 0.272 e. The predicted octanol–water partition coefficient (Wildman–Crippen LogP) is 1.26. The highest BCUT2D eigenvalue weighted by molar-refractivity contribution is 5.93. The number of aromatic nitrogens is 4. The van der Waals surface area contributed by atoms with Crippen molar-refractivity contribution < 1.29 is 9.59 Å². The molecule has 3 heterocycles. The van der Waals surface area contributed by atoms with Crippen molar-refractivity contribution in [2.75, 3.05) is 0 Å². The molecule has 2 unspecified atom stereocenters. The van der Waals surface area contributed by atoms with Crippen LogP contribution in [0, 0.1) is 0 Å². The summed E-state index contributed by atoms with van der Waals surface area (Å²) in [5, 5.41) is 14.7. The third-order valence-electron chi connectivity index (χ3n) is 5.23. The molecule has 2 N–H and O–H groups in total. The molecule has 2 fully saturated rings. The quantitative estimate of drug-likeness (QED) is 0.843. The molecule has 2 aromatic heterocycles. The molecular formula is C18H24N6O2. The Morgan fingerprint density at radius 1 is 1.35 bits per heavy atom. The fourth-order valence-electron chi connectivity index (χ4n) is 3.70. The second-order valence-corrected chi connectivity index (χ2v) is 7.09. The normalized spacial score (nSPS) is 22.9. The van der Waals surface area contributed by atoms with Gasteiger partial charge in [-0.3, -0.25) is 19.0 Å². The van der Waals surface area contributed by atoms with Crippen LogP contribution in [0.15, 0.2) is 18.3 Å². The SMILES string of the molecule is CCn1nccc1C1NC(=O)CCC1NC(=O)c1cc(C2CC2)n(C)n1. The van der Waals surface area contributed by atoms with Crippen LogP contribution in [0.25, 0.3) is 0 Å². The Hall–Kier alpha value is -2.64. The summed E-state index contributed by atoms with van der Waals surface area (Å²) in [6.07, 6.45) is 5.05. The summed E-state index contributed by atoms with van der Waals surface area (Å²) in [6, 6.07) is 3.31. The van der Waals surface area contributed by atoms with E-state index in [1.165, 1.54) is 12.8 Å². The molecule has 0 bridgehead atoms. The number of hydrogen-bond acceptors (Lipinski definition) is 4. The molecule has 4 rings (SSSR count). The van der Waals surface area contributed by atoms with E-state index in [0.717, 1.165) is 11.4 Å². The van der Waals surface area contributed by atoms with E-state index in [9.17, 15) is 9.59 Å². The molecule has 1 aliphatic heterocycles. The Morgan fingerprint density at radius 3 is 2.88 bits per heavy atom. The minimum atomic E-state index is -0.283. The number of nitrogens with one attached hydrogen (secondary N) is 2.